The summed E-state index contributed by atoms with van der Waals surface area (Å²) in [4.78, 5) is 21.1. The molecule has 0 saturated carbocycles. The summed E-state index contributed by atoms with van der Waals surface area (Å²) in [6.45, 7) is 8.09. The van der Waals surface area contributed by atoms with Gasteiger partial charge in [0.25, 0.3) is 0 Å². The fourth-order valence-electron chi connectivity index (χ4n) is 2.53. The van der Waals surface area contributed by atoms with Crippen LogP contribution in [0.5, 0.6) is 0 Å². The third-order valence-corrected chi connectivity index (χ3v) is 4.54. The highest BCUT2D eigenvalue weighted by molar-refractivity contribution is 5.99. The molecule has 0 aliphatic carbocycles. The summed E-state index contributed by atoms with van der Waals surface area (Å²) in [6, 6.07) is 29.7. The van der Waals surface area contributed by atoms with Gasteiger partial charge in [0.1, 0.15) is 12.4 Å². The van der Waals surface area contributed by atoms with Gasteiger partial charge in [0, 0.05) is 25.2 Å². The fourth-order valence-corrected chi connectivity index (χ4v) is 2.53. The summed E-state index contributed by atoms with van der Waals surface area (Å²) in [7, 11) is 0. The number of aldehydes is 1. The lowest BCUT2D eigenvalue weighted by Gasteiger charge is -2.09. The number of Topliss-reactive ketones (excluding diaryl/α,β-unsaturated/α-hetero) is 1. The van der Waals surface area contributed by atoms with Crippen LogP contribution in [0.1, 0.15) is 74.9 Å². The first-order chi connectivity index (χ1) is 17.1. The van der Waals surface area contributed by atoms with Gasteiger partial charge in [-0.1, -0.05) is 131 Å². The zero-order chi connectivity index (χ0) is 26.0. The Kier molecular flexibility index (Phi) is 21.9. The van der Waals surface area contributed by atoms with Gasteiger partial charge in [-0.2, -0.15) is 0 Å². The molecule has 4 heteroatoms. The van der Waals surface area contributed by atoms with Crippen molar-refractivity contribution < 1.29 is 19.4 Å². The number of ketones is 1. The van der Waals surface area contributed by atoms with Crippen molar-refractivity contribution in [2.75, 3.05) is 13.2 Å². The Morgan fingerprint density at radius 3 is 1.49 bits per heavy atom. The van der Waals surface area contributed by atoms with Crippen LogP contribution in [0.2, 0.25) is 0 Å². The van der Waals surface area contributed by atoms with Crippen LogP contribution in [-0.2, 0) is 9.53 Å². The predicted molar refractivity (Wildman–Crippen MR) is 146 cm³/mol. The van der Waals surface area contributed by atoms with E-state index in [2.05, 4.69) is 13.8 Å². The normalized spacial score (nSPS) is 10.2. The molecule has 0 heterocycles. The molecule has 3 aromatic rings. The smallest absolute Gasteiger partial charge is 0.195 e. The standard InChI is InChI=1S/C14H12O2.C8H18O.C6H6.C3H6O/c15-13(11-7-3-1-4-8-11)14(16)12-9-5-2-6-10-12;1-3-5-7-9-8-6-4-2;1-2-4-6-5-3-1;1-2-3-4/h1-10,13,15H;3-8H2,1-2H3;1-6H;3H,2H2,1H3. The van der Waals surface area contributed by atoms with E-state index in [0.717, 1.165) is 19.5 Å². The largest absolute Gasteiger partial charge is 0.381 e. The Balaban J connectivity index is 0.000000512. The van der Waals surface area contributed by atoms with Crippen LogP contribution < -0.4 is 0 Å². The van der Waals surface area contributed by atoms with E-state index in [4.69, 9.17) is 4.74 Å². The molecule has 190 valence electrons. The molecule has 0 aliphatic rings. The number of ether oxygens (including phenoxy) is 1. The van der Waals surface area contributed by atoms with Crippen molar-refractivity contribution in [3.63, 3.8) is 0 Å². The number of rotatable bonds is 10. The topological polar surface area (TPSA) is 63.6 Å². The first kappa shape index (κ1) is 31.9. The highest BCUT2D eigenvalue weighted by Crippen LogP contribution is 2.17. The van der Waals surface area contributed by atoms with Gasteiger partial charge < -0.3 is 14.6 Å². The fraction of sp³-hybridized carbons (Fsp3) is 0.355. The van der Waals surface area contributed by atoms with Crippen LogP contribution in [0.4, 0.5) is 0 Å². The second kappa shape index (κ2) is 24.1. The molecule has 0 aromatic heterocycles. The summed E-state index contributed by atoms with van der Waals surface area (Å²) in [5, 5.41) is 9.89. The van der Waals surface area contributed by atoms with Crippen LogP contribution >= 0.6 is 0 Å². The molecule has 3 rings (SSSR count). The average Bonchev–Trinajstić information content (AvgIpc) is 2.95. The van der Waals surface area contributed by atoms with Crippen molar-refractivity contribution in [3.05, 3.63) is 108 Å². The molecular weight excluding hydrogens is 436 g/mol. The van der Waals surface area contributed by atoms with Crippen molar-refractivity contribution in [2.45, 2.75) is 59.0 Å². The van der Waals surface area contributed by atoms with Crippen molar-refractivity contribution in [2.24, 2.45) is 0 Å². The lowest BCUT2D eigenvalue weighted by Crippen LogP contribution is -2.11. The van der Waals surface area contributed by atoms with E-state index < -0.39 is 6.10 Å². The molecule has 1 atom stereocenters. The second-order valence-corrected chi connectivity index (χ2v) is 7.59. The van der Waals surface area contributed by atoms with Crippen molar-refractivity contribution in [1.82, 2.24) is 0 Å². The van der Waals surface area contributed by atoms with Gasteiger partial charge in [0.05, 0.1) is 0 Å². The van der Waals surface area contributed by atoms with E-state index in [1.165, 1.54) is 25.7 Å². The third kappa shape index (κ3) is 18.0. The Morgan fingerprint density at radius 1 is 0.743 bits per heavy atom. The van der Waals surface area contributed by atoms with Gasteiger partial charge in [-0.15, -0.1) is 0 Å². The summed E-state index contributed by atoms with van der Waals surface area (Å²) in [5.41, 5.74) is 1.15. The Labute approximate surface area is 212 Å². The number of carbonyl (C=O) groups excluding carboxylic acids is 2. The van der Waals surface area contributed by atoms with Gasteiger partial charge in [0.15, 0.2) is 5.78 Å². The van der Waals surface area contributed by atoms with E-state index in [0.29, 0.717) is 17.5 Å². The number of aliphatic hydroxyl groups excluding tert-OH is 1. The predicted octanol–water partition coefficient (Wildman–Crippen LogP) is 7.49. The number of hydrogen-bond donors (Lipinski definition) is 1. The molecule has 0 aliphatic heterocycles. The highest BCUT2D eigenvalue weighted by atomic mass is 16.5. The first-order valence-electron chi connectivity index (χ1n) is 12.5. The Bertz CT molecular complexity index is 803. The lowest BCUT2D eigenvalue weighted by atomic mass is 10.0. The third-order valence-electron chi connectivity index (χ3n) is 4.54. The molecule has 4 nitrogen and oxygen atoms in total. The zero-order valence-electron chi connectivity index (χ0n) is 21.5. The van der Waals surface area contributed by atoms with Gasteiger partial charge in [0.2, 0.25) is 0 Å². The van der Waals surface area contributed by atoms with Crippen LogP contribution in [0.25, 0.3) is 0 Å². The van der Waals surface area contributed by atoms with Crippen LogP contribution in [0, 0.1) is 0 Å². The van der Waals surface area contributed by atoms with Gasteiger partial charge in [-0.25, -0.2) is 0 Å². The number of benzene rings is 3. The molecule has 1 unspecified atom stereocenters. The number of unbranched alkanes of at least 4 members (excludes halogenated alkanes) is 2. The maximum atomic E-state index is 11.9. The lowest BCUT2D eigenvalue weighted by molar-refractivity contribution is -0.107. The summed E-state index contributed by atoms with van der Waals surface area (Å²) >= 11 is 0. The van der Waals surface area contributed by atoms with E-state index >= 15 is 0 Å². The monoisotopic (exact) mass is 478 g/mol. The Morgan fingerprint density at radius 2 is 1.11 bits per heavy atom. The second-order valence-electron chi connectivity index (χ2n) is 7.59. The minimum Gasteiger partial charge on any atom is -0.381 e. The van der Waals surface area contributed by atoms with Crippen LogP contribution in [-0.4, -0.2) is 30.4 Å². The highest BCUT2D eigenvalue weighted by Gasteiger charge is 2.18. The number of carbonyl (C=O) groups is 2. The number of hydrogen-bond acceptors (Lipinski definition) is 4. The van der Waals surface area contributed by atoms with E-state index in [1.54, 1.807) is 48.5 Å². The molecule has 0 spiro atoms. The van der Waals surface area contributed by atoms with Crippen molar-refractivity contribution >= 4 is 12.1 Å². The Hall–Kier alpha value is -3.08. The first-order valence-corrected chi connectivity index (χ1v) is 12.5. The minimum atomic E-state index is -1.08. The van der Waals surface area contributed by atoms with Crippen LogP contribution in [0.3, 0.4) is 0 Å². The molecule has 0 amide bonds. The van der Waals surface area contributed by atoms with E-state index in [-0.39, 0.29) is 5.78 Å². The molecule has 0 radical (unpaired) electrons. The van der Waals surface area contributed by atoms with E-state index in [9.17, 15) is 14.7 Å². The van der Waals surface area contributed by atoms with Crippen molar-refractivity contribution in [3.8, 4) is 0 Å². The van der Waals surface area contributed by atoms with Gasteiger partial charge in [-0.3, -0.25) is 4.79 Å². The quantitative estimate of drug-likeness (QED) is 0.186. The van der Waals surface area contributed by atoms with Crippen molar-refractivity contribution in [1.29, 1.82) is 0 Å². The summed E-state index contributed by atoms with van der Waals surface area (Å²) < 4.78 is 5.31. The average molecular weight is 479 g/mol. The molecule has 3 aromatic carbocycles. The number of aliphatic hydroxyl groups is 1. The SMILES string of the molecule is CCC=O.CCCCOCCCC.O=C(c1ccccc1)C(O)c1ccccc1.c1ccccc1. The molecular formula is C31H42O4. The molecule has 0 bridgehead atoms. The molecule has 0 saturated heterocycles. The molecule has 0 fully saturated rings. The summed E-state index contributed by atoms with van der Waals surface area (Å²) in [6.07, 6.45) is 5.34. The minimum absolute atomic E-state index is 0.271. The maximum Gasteiger partial charge on any atom is 0.195 e. The molecule has 1 N–H and O–H groups in total. The summed E-state index contributed by atoms with van der Waals surface area (Å²) in [5.74, 6) is -0.271. The van der Waals surface area contributed by atoms with E-state index in [1.807, 2.05) is 55.5 Å². The maximum absolute atomic E-state index is 11.9. The zero-order valence-corrected chi connectivity index (χ0v) is 21.5. The van der Waals surface area contributed by atoms with Gasteiger partial charge >= 0.3 is 0 Å². The van der Waals surface area contributed by atoms with Crippen LogP contribution in [0.15, 0.2) is 97.1 Å². The molecule has 35 heavy (non-hydrogen) atoms. The van der Waals surface area contributed by atoms with Gasteiger partial charge in [-0.05, 0) is 18.4 Å².